The van der Waals surface area contributed by atoms with Crippen LogP contribution in [0.2, 0.25) is 0 Å². The van der Waals surface area contributed by atoms with Gasteiger partial charge < -0.3 is 20.3 Å². The first kappa shape index (κ1) is 24.3. The monoisotopic (exact) mass is 485 g/mol. The van der Waals surface area contributed by atoms with E-state index in [1.54, 1.807) is 4.90 Å². The van der Waals surface area contributed by atoms with Crippen LogP contribution >= 0.6 is 0 Å². The molecule has 1 aliphatic rings. The van der Waals surface area contributed by atoms with Crippen molar-refractivity contribution in [3.05, 3.63) is 66.5 Å². The Bertz CT molecular complexity index is 1160. The number of rotatable bonds is 8. The second kappa shape index (κ2) is 10.2. The molecule has 0 saturated heterocycles. The molecule has 0 bridgehead atoms. The third-order valence-corrected chi connectivity index (χ3v) is 5.40. The number of hydrogen-bond donors (Lipinski definition) is 2. The minimum atomic E-state index is -4.77. The Morgan fingerprint density at radius 2 is 1.86 bits per heavy atom. The molecule has 0 radical (unpaired) electrons. The number of benzene rings is 2. The van der Waals surface area contributed by atoms with E-state index >= 15 is 0 Å². The number of nitrogens with zero attached hydrogens (tertiary/aromatic N) is 3. The molecule has 2 aromatic carbocycles. The number of carbonyl (C=O) groups is 1. The van der Waals surface area contributed by atoms with Gasteiger partial charge in [-0.25, -0.2) is 14.8 Å². The summed E-state index contributed by atoms with van der Waals surface area (Å²) < 4.78 is 40.9. The second-order valence-electron chi connectivity index (χ2n) is 8.63. The Balaban J connectivity index is 1.44. The molecule has 0 spiro atoms. The summed E-state index contributed by atoms with van der Waals surface area (Å²) in [4.78, 5) is 23.3. The lowest BCUT2D eigenvalue weighted by Crippen LogP contribution is -2.39. The van der Waals surface area contributed by atoms with Crippen LogP contribution in [0.1, 0.15) is 32.3 Å². The topological polar surface area (TPSA) is 79.4 Å². The maximum Gasteiger partial charge on any atom is 0.573 e. The van der Waals surface area contributed by atoms with Crippen molar-refractivity contribution >= 4 is 17.5 Å². The fraction of sp³-hybridized carbons (Fsp3) is 0.320. The number of alkyl halides is 3. The number of carbonyl (C=O) groups excluding carboxylic acids is 1. The first-order valence-corrected chi connectivity index (χ1v) is 11.3. The van der Waals surface area contributed by atoms with Gasteiger partial charge in [-0.3, -0.25) is 0 Å². The van der Waals surface area contributed by atoms with Gasteiger partial charge in [-0.1, -0.05) is 18.2 Å². The fourth-order valence-corrected chi connectivity index (χ4v) is 3.48. The fourth-order valence-electron chi connectivity index (χ4n) is 3.48. The van der Waals surface area contributed by atoms with Crippen LogP contribution in [0.5, 0.6) is 5.75 Å². The molecule has 1 fully saturated rings. The highest BCUT2D eigenvalue weighted by atomic mass is 19.4. The average Bonchev–Trinajstić information content (AvgIpc) is 3.62. The van der Waals surface area contributed by atoms with Gasteiger partial charge in [0.15, 0.2) is 0 Å². The van der Waals surface area contributed by atoms with Gasteiger partial charge in [0.2, 0.25) is 0 Å². The Kier molecular flexibility index (Phi) is 7.09. The van der Waals surface area contributed by atoms with Crippen molar-refractivity contribution in [2.75, 3.05) is 10.6 Å². The summed E-state index contributed by atoms with van der Waals surface area (Å²) in [6, 6.07) is 14.7. The molecular formula is C25H26F3N5O2. The third kappa shape index (κ3) is 7.08. The first-order valence-electron chi connectivity index (χ1n) is 11.3. The van der Waals surface area contributed by atoms with Crippen LogP contribution in [-0.2, 0) is 6.54 Å². The number of anilines is 2. The van der Waals surface area contributed by atoms with Crippen molar-refractivity contribution in [3.63, 3.8) is 0 Å². The van der Waals surface area contributed by atoms with Crippen LogP contribution < -0.4 is 15.4 Å². The van der Waals surface area contributed by atoms with Gasteiger partial charge in [0, 0.05) is 35.9 Å². The number of amides is 2. The van der Waals surface area contributed by atoms with Gasteiger partial charge in [-0.15, -0.1) is 13.2 Å². The molecule has 1 aromatic heterocycles. The van der Waals surface area contributed by atoms with Crippen LogP contribution in [0.4, 0.5) is 29.5 Å². The molecular weight excluding hydrogens is 459 g/mol. The molecule has 0 aliphatic heterocycles. The predicted molar refractivity (Wildman–Crippen MR) is 127 cm³/mol. The van der Waals surface area contributed by atoms with E-state index in [4.69, 9.17) is 0 Å². The Morgan fingerprint density at radius 3 is 2.51 bits per heavy atom. The SMILES string of the molecule is CC(C)N(Cc1cccc(-c2cc(NC3CC3)ncn2)c1)C(=O)Nc1ccc(OC(F)(F)F)cc1. The number of halogens is 3. The molecule has 0 atom stereocenters. The van der Waals surface area contributed by atoms with Gasteiger partial charge in [-0.05, 0) is 62.6 Å². The summed E-state index contributed by atoms with van der Waals surface area (Å²) in [6.45, 7) is 4.12. The molecule has 7 nitrogen and oxygen atoms in total. The number of ether oxygens (including phenoxy) is 1. The number of urea groups is 1. The normalized spacial score (nSPS) is 13.4. The van der Waals surface area contributed by atoms with Crippen molar-refractivity contribution in [2.45, 2.75) is 51.7 Å². The standard InChI is InChI=1S/C25H26F3N5O2/c1-16(2)33(24(34)32-20-8-10-21(11-9-20)35-25(26,27)28)14-17-4-3-5-18(12-17)22-13-23(30-15-29-22)31-19-6-7-19/h3-5,8-13,15-16,19H,6-7,14H2,1-2H3,(H,32,34)(H,29,30,31). The highest BCUT2D eigenvalue weighted by molar-refractivity contribution is 5.89. The zero-order valence-corrected chi connectivity index (χ0v) is 19.3. The average molecular weight is 486 g/mol. The number of hydrogen-bond acceptors (Lipinski definition) is 5. The molecule has 10 heteroatoms. The smallest absolute Gasteiger partial charge is 0.406 e. The molecule has 4 rings (SSSR count). The Morgan fingerprint density at radius 1 is 1.11 bits per heavy atom. The molecule has 3 aromatic rings. The van der Waals surface area contributed by atoms with Gasteiger partial charge >= 0.3 is 12.4 Å². The van der Waals surface area contributed by atoms with Gasteiger partial charge in [0.25, 0.3) is 0 Å². The maximum atomic E-state index is 13.0. The molecule has 1 aliphatic carbocycles. The molecule has 2 N–H and O–H groups in total. The van der Waals surface area contributed by atoms with E-state index in [0.29, 0.717) is 18.3 Å². The van der Waals surface area contributed by atoms with Crippen LogP contribution in [0.3, 0.4) is 0 Å². The van der Waals surface area contributed by atoms with Gasteiger partial charge in [0.05, 0.1) is 5.69 Å². The van der Waals surface area contributed by atoms with E-state index in [2.05, 4.69) is 25.3 Å². The molecule has 0 unspecified atom stereocenters. The minimum absolute atomic E-state index is 0.125. The van der Waals surface area contributed by atoms with E-state index < -0.39 is 6.36 Å². The molecule has 2 amide bonds. The van der Waals surface area contributed by atoms with Crippen molar-refractivity contribution < 1.29 is 22.7 Å². The first-order chi connectivity index (χ1) is 16.7. The second-order valence-corrected chi connectivity index (χ2v) is 8.63. The number of nitrogens with one attached hydrogen (secondary N) is 2. The molecule has 1 saturated carbocycles. The van der Waals surface area contributed by atoms with Crippen LogP contribution in [0, 0.1) is 0 Å². The van der Waals surface area contributed by atoms with Crippen molar-refractivity contribution in [1.82, 2.24) is 14.9 Å². The lowest BCUT2D eigenvalue weighted by molar-refractivity contribution is -0.274. The zero-order chi connectivity index (χ0) is 25.0. The summed E-state index contributed by atoms with van der Waals surface area (Å²) in [6.07, 6.45) is -0.943. The highest BCUT2D eigenvalue weighted by Crippen LogP contribution is 2.27. The van der Waals surface area contributed by atoms with E-state index in [1.807, 2.05) is 44.2 Å². The lowest BCUT2D eigenvalue weighted by atomic mass is 10.1. The molecule has 184 valence electrons. The van der Waals surface area contributed by atoms with Crippen LogP contribution in [0.15, 0.2) is 60.9 Å². The summed E-state index contributed by atoms with van der Waals surface area (Å²) >= 11 is 0. The van der Waals surface area contributed by atoms with Crippen LogP contribution in [0.25, 0.3) is 11.3 Å². The predicted octanol–water partition coefficient (Wildman–Crippen LogP) is 6.06. The zero-order valence-electron chi connectivity index (χ0n) is 19.3. The van der Waals surface area contributed by atoms with E-state index in [9.17, 15) is 18.0 Å². The third-order valence-electron chi connectivity index (χ3n) is 5.40. The molecule has 35 heavy (non-hydrogen) atoms. The minimum Gasteiger partial charge on any atom is -0.406 e. The summed E-state index contributed by atoms with van der Waals surface area (Å²) in [5.41, 5.74) is 2.97. The summed E-state index contributed by atoms with van der Waals surface area (Å²) in [5.74, 6) is 0.436. The summed E-state index contributed by atoms with van der Waals surface area (Å²) in [5, 5.41) is 6.10. The van der Waals surface area contributed by atoms with Crippen molar-refractivity contribution in [1.29, 1.82) is 0 Å². The van der Waals surface area contributed by atoms with E-state index in [-0.39, 0.29) is 17.8 Å². The number of aromatic nitrogens is 2. The summed E-state index contributed by atoms with van der Waals surface area (Å²) in [7, 11) is 0. The largest absolute Gasteiger partial charge is 0.573 e. The molecule has 1 heterocycles. The lowest BCUT2D eigenvalue weighted by Gasteiger charge is -2.27. The van der Waals surface area contributed by atoms with E-state index in [0.717, 1.165) is 47.6 Å². The van der Waals surface area contributed by atoms with Gasteiger partial charge in [0.1, 0.15) is 17.9 Å². The Labute approximate surface area is 201 Å². The quantitative estimate of drug-likeness (QED) is 0.406. The maximum absolute atomic E-state index is 13.0. The Hall–Kier alpha value is -3.82. The van der Waals surface area contributed by atoms with Crippen molar-refractivity contribution in [2.24, 2.45) is 0 Å². The van der Waals surface area contributed by atoms with E-state index in [1.165, 1.54) is 18.5 Å². The van der Waals surface area contributed by atoms with Crippen molar-refractivity contribution in [3.8, 4) is 17.0 Å². The highest BCUT2D eigenvalue weighted by Gasteiger charge is 2.31. The van der Waals surface area contributed by atoms with Crippen LogP contribution in [-0.4, -0.2) is 39.3 Å². The van der Waals surface area contributed by atoms with Gasteiger partial charge in [-0.2, -0.15) is 0 Å².